The molecule has 1 aliphatic rings. The maximum Gasteiger partial charge on any atom is 0.267 e. The number of fused-ring (bicyclic) bond motifs is 2. The largest absolute Gasteiger partial charge is 0.321 e. The van der Waals surface area contributed by atoms with E-state index in [-0.39, 0.29) is 11.8 Å². The van der Waals surface area contributed by atoms with Crippen LogP contribution >= 0.6 is 22.9 Å². The van der Waals surface area contributed by atoms with Crippen LogP contribution in [-0.2, 0) is 6.54 Å². The van der Waals surface area contributed by atoms with E-state index in [4.69, 9.17) is 11.6 Å². The monoisotopic (exact) mass is 418 g/mol. The highest BCUT2D eigenvalue weighted by molar-refractivity contribution is 7.21. The maximum atomic E-state index is 12.7. The molecule has 0 spiro atoms. The van der Waals surface area contributed by atoms with Gasteiger partial charge in [0.25, 0.3) is 11.8 Å². The highest BCUT2D eigenvalue weighted by Gasteiger charge is 2.27. The molecule has 0 fully saturated rings. The fourth-order valence-electron chi connectivity index (χ4n) is 3.54. The van der Waals surface area contributed by atoms with Crippen molar-refractivity contribution in [3.8, 4) is 0 Å². The number of benzene rings is 3. The molecule has 4 aromatic rings. The van der Waals surface area contributed by atoms with Crippen LogP contribution in [0.25, 0.3) is 10.1 Å². The van der Waals surface area contributed by atoms with E-state index in [2.05, 4.69) is 5.32 Å². The zero-order chi connectivity index (χ0) is 20.0. The first-order valence-corrected chi connectivity index (χ1v) is 10.3. The molecule has 1 aromatic heterocycles. The summed E-state index contributed by atoms with van der Waals surface area (Å²) in [7, 11) is 0. The van der Waals surface area contributed by atoms with Crippen molar-refractivity contribution in [1.29, 1.82) is 0 Å². The normalized spacial score (nSPS) is 13.0. The lowest BCUT2D eigenvalue weighted by Gasteiger charge is -2.16. The van der Waals surface area contributed by atoms with Crippen molar-refractivity contribution >= 4 is 56.2 Å². The number of nitrogens with zero attached hydrogens (tertiary/aromatic N) is 1. The van der Waals surface area contributed by atoms with Gasteiger partial charge in [0, 0.05) is 27.0 Å². The van der Waals surface area contributed by atoms with Gasteiger partial charge in [0.05, 0.1) is 11.6 Å². The van der Waals surface area contributed by atoms with Crippen molar-refractivity contribution < 1.29 is 9.59 Å². The van der Waals surface area contributed by atoms with Crippen LogP contribution in [0.3, 0.4) is 0 Å². The second-order valence-corrected chi connectivity index (χ2v) is 8.22. The van der Waals surface area contributed by atoms with Crippen LogP contribution < -0.4 is 10.2 Å². The third-order valence-electron chi connectivity index (χ3n) is 5.00. The van der Waals surface area contributed by atoms with Gasteiger partial charge in [0.15, 0.2) is 0 Å². The highest BCUT2D eigenvalue weighted by atomic mass is 35.5. The van der Waals surface area contributed by atoms with E-state index in [0.29, 0.717) is 22.1 Å². The van der Waals surface area contributed by atoms with Crippen LogP contribution in [0.1, 0.15) is 25.6 Å². The minimum Gasteiger partial charge on any atom is -0.321 e. The van der Waals surface area contributed by atoms with Gasteiger partial charge in [-0.15, -0.1) is 11.3 Å². The third kappa shape index (κ3) is 3.09. The van der Waals surface area contributed by atoms with Crippen molar-refractivity contribution in [3.05, 3.63) is 93.8 Å². The number of carbonyl (C=O) groups excluding carboxylic acids is 2. The molecule has 0 unspecified atom stereocenters. The topological polar surface area (TPSA) is 49.4 Å². The van der Waals surface area contributed by atoms with Gasteiger partial charge < -0.3 is 10.2 Å². The predicted octanol–water partition coefficient (Wildman–Crippen LogP) is 5.97. The first-order valence-electron chi connectivity index (χ1n) is 9.10. The number of hydrogen-bond donors (Lipinski definition) is 1. The fourth-order valence-corrected chi connectivity index (χ4v) is 4.95. The van der Waals surface area contributed by atoms with E-state index < -0.39 is 0 Å². The van der Waals surface area contributed by atoms with Crippen LogP contribution in [0.15, 0.2) is 72.8 Å². The molecule has 2 amide bonds. The average Bonchev–Trinajstić information content (AvgIpc) is 3.27. The fraction of sp³-hybridized carbons (Fsp3) is 0.0435. The molecule has 2 heterocycles. The Kier molecular flexibility index (Phi) is 4.34. The van der Waals surface area contributed by atoms with Gasteiger partial charge in [-0.3, -0.25) is 9.59 Å². The molecule has 0 saturated carbocycles. The molecule has 142 valence electrons. The van der Waals surface area contributed by atoms with Crippen molar-refractivity contribution in [2.75, 3.05) is 10.2 Å². The number of rotatable bonds is 3. The summed E-state index contributed by atoms with van der Waals surface area (Å²) in [6.45, 7) is 0.554. The number of thiophene rings is 1. The van der Waals surface area contributed by atoms with Gasteiger partial charge in [-0.05, 0) is 42.0 Å². The highest BCUT2D eigenvalue weighted by Crippen LogP contribution is 2.35. The zero-order valence-electron chi connectivity index (χ0n) is 15.2. The Bertz CT molecular complexity index is 1260. The molecule has 5 rings (SSSR count). The lowest BCUT2D eigenvalue weighted by Crippen LogP contribution is -2.22. The van der Waals surface area contributed by atoms with Gasteiger partial charge >= 0.3 is 0 Å². The minimum absolute atomic E-state index is 0.00515. The van der Waals surface area contributed by atoms with Crippen LogP contribution in [-0.4, -0.2) is 11.8 Å². The van der Waals surface area contributed by atoms with Crippen LogP contribution in [0.5, 0.6) is 0 Å². The summed E-state index contributed by atoms with van der Waals surface area (Å²) in [5.41, 5.74) is 3.21. The lowest BCUT2D eigenvalue weighted by atomic mass is 10.1. The second kappa shape index (κ2) is 7.03. The van der Waals surface area contributed by atoms with Crippen molar-refractivity contribution in [2.24, 2.45) is 0 Å². The summed E-state index contributed by atoms with van der Waals surface area (Å²) in [5, 5.41) is 4.24. The van der Waals surface area contributed by atoms with E-state index in [1.807, 2.05) is 60.7 Å². The Morgan fingerprint density at radius 2 is 1.69 bits per heavy atom. The van der Waals surface area contributed by atoms with Crippen molar-refractivity contribution in [2.45, 2.75) is 6.54 Å². The van der Waals surface area contributed by atoms with Gasteiger partial charge in [-0.1, -0.05) is 48.0 Å². The molecule has 0 bridgehead atoms. The molecule has 4 nitrogen and oxygen atoms in total. The Labute approximate surface area is 176 Å². The molecule has 0 atom stereocenters. The number of carbonyl (C=O) groups is 2. The molecule has 1 aliphatic heterocycles. The van der Waals surface area contributed by atoms with Crippen LogP contribution in [0, 0.1) is 0 Å². The number of hydrogen-bond acceptors (Lipinski definition) is 3. The van der Waals surface area contributed by atoms with E-state index in [9.17, 15) is 9.59 Å². The number of halogens is 1. The summed E-state index contributed by atoms with van der Waals surface area (Å²) in [6.07, 6.45) is 0. The molecule has 0 aliphatic carbocycles. The molecular weight excluding hydrogens is 404 g/mol. The molecule has 1 N–H and O–H groups in total. The Hall–Kier alpha value is -3.15. The minimum atomic E-state index is -0.242. The van der Waals surface area contributed by atoms with Crippen molar-refractivity contribution in [3.63, 3.8) is 0 Å². The summed E-state index contributed by atoms with van der Waals surface area (Å²) >= 11 is 7.77. The predicted molar refractivity (Wildman–Crippen MR) is 118 cm³/mol. The van der Waals surface area contributed by atoms with Crippen LogP contribution in [0.2, 0.25) is 5.02 Å². The maximum absolute atomic E-state index is 12.7. The Morgan fingerprint density at radius 3 is 2.45 bits per heavy atom. The van der Waals surface area contributed by atoms with Crippen LogP contribution in [0.4, 0.5) is 11.4 Å². The SMILES string of the molecule is O=C(Nc1ccc(N2Cc3ccccc3C2=O)cc1)c1sc2ccccc2c1Cl. The molecule has 0 saturated heterocycles. The third-order valence-corrected chi connectivity index (χ3v) is 6.67. The van der Waals surface area contributed by atoms with Gasteiger partial charge in [0.1, 0.15) is 4.88 Å². The molecular formula is C23H15ClN2O2S. The average molecular weight is 419 g/mol. The molecule has 3 aromatic carbocycles. The van der Waals surface area contributed by atoms with E-state index in [1.54, 1.807) is 17.0 Å². The molecule has 0 radical (unpaired) electrons. The smallest absolute Gasteiger partial charge is 0.267 e. The standard InChI is InChI=1S/C23H15ClN2O2S/c24-20-18-7-3-4-8-19(18)29-21(20)22(27)25-15-9-11-16(12-10-15)26-13-14-5-1-2-6-17(14)23(26)28/h1-12H,13H2,(H,25,27). The Morgan fingerprint density at radius 1 is 0.966 bits per heavy atom. The van der Waals surface area contributed by atoms with E-state index >= 15 is 0 Å². The number of anilines is 2. The first-order chi connectivity index (χ1) is 14.1. The number of amides is 2. The second-order valence-electron chi connectivity index (χ2n) is 6.79. The quantitative estimate of drug-likeness (QED) is 0.445. The summed E-state index contributed by atoms with van der Waals surface area (Å²) in [6, 6.07) is 22.6. The van der Waals surface area contributed by atoms with E-state index in [0.717, 1.165) is 26.9 Å². The summed E-state index contributed by atoms with van der Waals surface area (Å²) in [5.74, 6) is -0.247. The van der Waals surface area contributed by atoms with Gasteiger partial charge in [0.2, 0.25) is 0 Å². The van der Waals surface area contributed by atoms with Gasteiger partial charge in [-0.25, -0.2) is 0 Å². The summed E-state index contributed by atoms with van der Waals surface area (Å²) in [4.78, 5) is 27.5. The van der Waals surface area contributed by atoms with Crippen molar-refractivity contribution in [1.82, 2.24) is 0 Å². The Balaban J connectivity index is 1.35. The number of nitrogens with one attached hydrogen (secondary N) is 1. The molecule has 29 heavy (non-hydrogen) atoms. The summed E-state index contributed by atoms with van der Waals surface area (Å²) < 4.78 is 0.977. The molecule has 6 heteroatoms. The van der Waals surface area contributed by atoms with Gasteiger partial charge in [-0.2, -0.15) is 0 Å². The first kappa shape index (κ1) is 17.9. The van der Waals surface area contributed by atoms with E-state index in [1.165, 1.54) is 11.3 Å². The zero-order valence-corrected chi connectivity index (χ0v) is 16.8. The lowest BCUT2D eigenvalue weighted by molar-refractivity contribution is 0.0994.